The van der Waals surface area contributed by atoms with E-state index in [9.17, 15) is 9.59 Å². The number of carbonyl (C=O) groups excluding carboxylic acids is 2. The van der Waals surface area contributed by atoms with Gasteiger partial charge in [0.1, 0.15) is 11.3 Å². The van der Waals surface area contributed by atoms with E-state index in [1.807, 2.05) is 23.7 Å². The number of imidazole rings is 1. The van der Waals surface area contributed by atoms with Gasteiger partial charge in [-0.05, 0) is 44.0 Å². The largest absolute Gasteiger partial charge is 0.481 e. The van der Waals surface area contributed by atoms with Crippen LogP contribution in [-0.2, 0) is 18.4 Å². The molecule has 35 heavy (non-hydrogen) atoms. The van der Waals surface area contributed by atoms with Crippen molar-refractivity contribution in [3.63, 3.8) is 0 Å². The molecule has 9 heteroatoms. The number of hydrogen-bond acceptors (Lipinski definition) is 5. The molecular weight excluding hydrogens is 444 g/mol. The average molecular weight is 475 g/mol. The van der Waals surface area contributed by atoms with Gasteiger partial charge in [-0.2, -0.15) is 0 Å². The van der Waals surface area contributed by atoms with E-state index < -0.39 is 5.91 Å². The molecule has 0 bridgehead atoms. The number of rotatable bonds is 6. The number of likely N-dealkylation sites (tertiary alicyclic amines) is 1. The summed E-state index contributed by atoms with van der Waals surface area (Å²) in [5.41, 5.74) is 15.3. The second-order valence-electron chi connectivity index (χ2n) is 9.08. The normalized spacial score (nSPS) is 16.2. The van der Waals surface area contributed by atoms with Crippen molar-refractivity contribution < 1.29 is 14.3 Å². The number of nitrogens with two attached hydrogens (primary N) is 2. The number of aromatic nitrogens is 3. The molecule has 0 spiro atoms. The number of amides is 2. The highest BCUT2D eigenvalue weighted by atomic mass is 16.5. The Morgan fingerprint density at radius 3 is 2.74 bits per heavy atom. The topological polar surface area (TPSA) is 121 Å². The Labute approximate surface area is 203 Å². The number of nitrogens with zero attached hydrogens (tertiary/aromatic N) is 4. The molecule has 9 nitrogen and oxygen atoms in total. The molecule has 1 unspecified atom stereocenters. The summed E-state index contributed by atoms with van der Waals surface area (Å²) in [6.45, 7) is 3.75. The van der Waals surface area contributed by atoms with Crippen LogP contribution in [0.15, 0.2) is 42.5 Å². The SMILES string of the molecule is CCn1c(-c2nc3cc(C(=O)N4CCCC(N)C4)cc(OCC(N)=O)c3n2C)cc2ccccc21. The van der Waals surface area contributed by atoms with Gasteiger partial charge in [0.2, 0.25) is 0 Å². The molecule has 3 heterocycles. The second-order valence-corrected chi connectivity index (χ2v) is 9.08. The zero-order chi connectivity index (χ0) is 24.7. The summed E-state index contributed by atoms with van der Waals surface area (Å²) in [5.74, 6) is 0.421. The highest BCUT2D eigenvalue weighted by Gasteiger charge is 2.25. The summed E-state index contributed by atoms with van der Waals surface area (Å²) < 4.78 is 9.94. The van der Waals surface area contributed by atoms with Crippen LogP contribution in [0, 0.1) is 0 Å². The van der Waals surface area contributed by atoms with Gasteiger partial charge in [0.15, 0.2) is 12.4 Å². The van der Waals surface area contributed by atoms with Gasteiger partial charge in [-0.25, -0.2) is 4.98 Å². The molecule has 0 aliphatic carbocycles. The van der Waals surface area contributed by atoms with Gasteiger partial charge < -0.3 is 30.2 Å². The van der Waals surface area contributed by atoms with Crippen LogP contribution >= 0.6 is 0 Å². The van der Waals surface area contributed by atoms with Gasteiger partial charge in [-0.3, -0.25) is 9.59 Å². The first-order valence-electron chi connectivity index (χ1n) is 11.9. The zero-order valence-corrected chi connectivity index (χ0v) is 20.0. The minimum Gasteiger partial charge on any atom is -0.481 e. The molecule has 1 atom stereocenters. The fraction of sp³-hybridized carbons (Fsp3) is 0.346. The van der Waals surface area contributed by atoms with Crippen LogP contribution < -0.4 is 16.2 Å². The number of carbonyl (C=O) groups is 2. The molecule has 1 aliphatic rings. The Hall–Kier alpha value is -3.85. The molecule has 1 fully saturated rings. The fourth-order valence-corrected chi connectivity index (χ4v) is 5.04. The Kier molecular flexibility index (Phi) is 5.94. The second kappa shape index (κ2) is 9.07. The first kappa shape index (κ1) is 22.9. The molecule has 2 aromatic heterocycles. The van der Waals surface area contributed by atoms with Crippen LogP contribution in [0.5, 0.6) is 5.75 Å². The Balaban J connectivity index is 1.66. The lowest BCUT2D eigenvalue weighted by Gasteiger charge is -2.30. The van der Waals surface area contributed by atoms with Gasteiger partial charge in [-0.15, -0.1) is 0 Å². The highest BCUT2D eigenvalue weighted by Crippen LogP contribution is 2.34. The molecule has 2 aromatic carbocycles. The first-order valence-corrected chi connectivity index (χ1v) is 11.9. The van der Waals surface area contributed by atoms with Crippen LogP contribution in [0.3, 0.4) is 0 Å². The summed E-state index contributed by atoms with van der Waals surface area (Å²) in [7, 11) is 1.91. The summed E-state index contributed by atoms with van der Waals surface area (Å²) in [4.78, 5) is 31.5. The first-order chi connectivity index (χ1) is 16.9. The minimum absolute atomic E-state index is 0.0283. The maximum atomic E-state index is 13.3. The van der Waals surface area contributed by atoms with Crippen LogP contribution in [0.4, 0.5) is 0 Å². The number of aryl methyl sites for hydroxylation is 2. The predicted molar refractivity (Wildman–Crippen MR) is 135 cm³/mol. The number of para-hydroxylation sites is 1. The molecule has 0 saturated carbocycles. The van der Waals surface area contributed by atoms with Crippen LogP contribution in [0.25, 0.3) is 33.5 Å². The fourth-order valence-electron chi connectivity index (χ4n) is 5.04. The number of benzene rings is 2. The molecular formula is C26H30N6O3. The number of fused-ring (bicyclic) bond motifs is 2. The number of primary amides is 1. The zero-order valence-electron chi connectivity index (χ0n) is 20.0. The van der Waals surface area contributed by atoms with Gasteiger partial charge in [0.25, 0.3) is 11.8 Å². The predicted octanol–water partition coefficient (Wildman–Crippen LogP) is 2.64. The maximum absolute atomic E-state index is 13.3. The van der Waals surface area contributed by atoms with E-state index in [4.69, 9.17) is 21.2 Å². The maximum Gasteiger partial charge on any atom is 0.255 e. The summed E-state index contributed by atoms with van der Waals surface area (Å²) in [5, 5.41) is 1.12. The van der Waals surface area contributed by atoms with Crippen molar-refractivity contribution >= 4 is 33.8 Å². The van der Waals surface area contributed by atoms with E-state index in [0.29, 0.717) is 35.4 Å². The third-order valence-corrected chi connectivity index (χ3v) is 6.65. The molecule has 2 amide bonds. The quantitative estimate of drug-likeness (QED) is 0.445. The molecule has 0 radical (unpaired) electrons. The highest BCUT2D eigenvalue weighted by molar-refractivity contribution is 6.00. The lowest BCUT2D eigenvalue weighted by Crippen LogP contribution is -2.45. The van der Waals surface area contributed by atoms with Crippen molar-refractivity contribution in [1.82, 2.24) is 19.0 Å². The lowest BCUT2D eigenvalue weighted by atomic mass is 10.0. The van der Waals surface area contributed by atoms with Gasteiger partial charge in [0, 0.05) is 49.2 Å². The van der Waals surface area contributed by atoms with Crippen LogP contribution in [0.1, 0.15) is 30.1 Å². The Bertz CT molecular complexity index is 1440. The standard InChI is InChI=1S/C26H30N6O3/c1-3-32-20-9-5-4-7-16(20)12-21(32)25-29-19-11-17(26(34)31-10-6-8-18(27)14-31)13-22(24(19)30(25)2)35-15-23(28)33/h4-5,7,9,11-13,18H,3,6,8,10,14-15,27H2,1-2H3,(H2,28,33). The van der Waals surface area contributed by atoms with Gasteiger partial charge in [-0.1, -0.05) is 18.2 Å². The summed E-state index contributed by atoms with van der Waals surface area (Å²) in [6.07, 6.45) is 1.78. The monoisotopic (exact) mass is 474 g/mol. The molecule has 1 aliphatic heterocycles. The van der Waals surface area contributed by atoms with E-state index in [-0.39, 0.29) is 18.6 Å². The van der Waals surface area contributed by atoms with Crippen molar-refractivity contribution in [2.24, 2.45) is 18.5 Å². The smallest absolute Gasteiger partial charge is 0.255 e. The van der Waals surface area contributed by atoms with E-state index in [1.54, 1.807) is 17.0 Å². The molecule has 5 rings (SSSR count). The van der Waals surface area contributed by atoms with E-state index >= 15 is 0 Å². The van der Waals surface area contributed by atoms with Crippen LogP contribution in [0.2, 0.25) is 0 Å². The summed E-state index contributed by atoms with van der Waals surface area (Å²) in [6, 6.07) is 13.8. The molecule has 182 valence electrons. The van der Waals surface area contributed by atoms with Crippen LogP contribution in [-0.4, -0.2) is 56.6 Å². The van der Waals surface area contributed by atoms with Gasteiger partial charge in [0.05, 0.1) is 11.2 Å². The van der Waals surface area contributed by atoms with E-state index in [2.05, 4.69) is 29.7 Å². The average Bonchev–Trinajstić information content (AvgIpc) is 3.39. The number of ether oxygens (including phenoxy) is 1. The van der Waals surface area contributed by atoms with Crippen molar-refractivity contribution in [3.8, 4) is 17.3 Å². The van der Waals surface area contributed by atoms with E-state index in [0.717, 1.165) is 41.8 Å². The lowest BCUT2D eigenvalue weighted by molar-refractivity contribution is -0.119. The van der Waals surface area contributed by atoms with Crippen molar-refractivity contribution in [2.45, 2.75) is 32.4 Å². The third kappa shape index (κ3) is 4.12. The third-order valence-electron chi connectivity index (χ3n) is 6.65. The number of piperidine rings is 1. The Morgan fingerprint density at radius 1 is 1.20 bits per heavy atom. The van der Waals surface area contributed by atoms with Crippen molar-refractivity contribution in [1.29, 1.82) is 0 Å². The van der Waals surface area contributed by atoms with Crippen molar-refractivity contribution in [2.75, 3.05) is 19.7 Å². The number of hydrogen-bond donors (Lipinski definition) is 2. The molecule has 1 saturated heterocycles. The van der Waals surface area contributed by atoms with Gasteiger partial charge >= 0.3 is 0 Å². The minimum atomic E-state index is -0.592. The summed E-state index contributed by atoms with van der Waals surface area (Å²) >= 11 is 0. The van der Waals surface area contributed by atoms with Crippen molar-refractivity contribution in [3.05, 3.63) is 48.0 Å². The van der Waals surface area contributed by atoms with E-state index in [1.165, 1.54) is 0 Å². The Morgan fingerprint density at radius 2 is 2.00 bits per heavy atom. The molecule has 4 aromatic rings. The molecule has 4 N–H and O–H groups in total.